The fraction of sp³-hybridized carbons (Fsp3) is 0.478. The van der Waals surface area contributed by atoms with Crippen LogP contribution in [0.2, 0.25) is 0 Å². The Bertz CT molecular complexity index is 733. The minimum atomic E-state index is -0.601. The molecule has 2 rings (SSSR count). The fourth-order valence-electron chi connectivity index (χ4n) is 3.17. The molecular formula is C23H33NO5. The molecule has 6 heteroatoms. The zero-order valence-corrected chi connectivity index (χ0v) is 18.1. The van der Waals surface area contributed by atoms with Crippen LogP contribution in [0.1, 0.15) is 19.4 Å². The third kappa shape index (κ3) is 7.48. The van der Waals surface area contributed by atoms with Gasteiger partial charge in [-0.1, -0.05) is 19.9 Å². The summed E-state index contributed by atoms with van der Waals surface area (Å²) in [5.74, 6) is 3.37. The molecule has 1 unspecified atom stereocenters. The van der Waals surface area contributed by atoms with Crippen molar-refractivity contribution in [3.05, 3.63) is 48.0 Å². The van der Waals surface area contributed by atoms with E-state index in [0.29, 0.717) is 36.3 Å². The monoisotopic (exact) mass is 403 g/mol. The molecule has 0 saturated carbocycles. The van der Waals surface area contributed by atoms with E-state index in [9.17, 15) is 5.11 Å². The lowest BCUT2D eigenvalue weighted by Gasteiger charge is -2.27. The summed E-state index contributed by atoms with van der Waals surface area (Å²) in [7, 11) is 4.89. The molecule has 0 spiro atoms. The highest BCUT2D eigenvalue weighted by atomic mass is 16.5. The maximum atomic E-state index is 10.5. The van der Waals surface area contributed by atoms with Crippen LogP contribution in [0.5, 0.6) is 23.0 Å². The van der Waals surface area contributed by atoms with E-state index in [1.165, 1.54) is 0 Å². The number of hydrogen-bond acceptors (Lipinski definition) is 6. The normalized spacial score (nSPS) is 12.1. The Balaban J connectivity index is 1.96. The Morgan fingerprint density at radius 1 is 0.828 bits per heavy atom. The summed E-state index contributed by atoms with van der Waals surface area (Å²) >= 11 is 0. The lowest BCUT2D eigenvalue weighted by atomic mass is 10.1. The minimum Gasteiger partial charge on any atom is -0.497 e. The second-order valence-corrected chi connectivity index (χ2v) is 7.42. The van der Waals surface area contributed by atoms with Crippen molar-refractivity contribution in [2.24, 2.45) is 5.92 Å². The van der Waals surface area contributed by atoms with Gasteiger partial charge in [-0.3, -0.25) is 4.90 Å². The number of aliphatic hydroxyl groups excluding tert-OH is 1. The van der Waals surface area contributed by atoms with Gasteiger partial charge < -0.3 is 24.1 Å². The molecule has 0 aliphatic carbocycles. The number of hydrogen-bond donors (Lipinski definition) is 1. The van der Waals surface area contributed by atoms with Crippen molar-refractivity contribution >= 4 is 0 Å². The van der Waals surface area contributed by atoms with Gasteiger partial charge in [0, 0.05) is 19.6 Å². The van der Waals surface area contributed by atoms with Gasteiger partial charge in [0.1, 0.15) is 24.2 Å². The van der Waals surface area contributed by atoms with Crippen LogP contribution in [0.15, 0.2) is 42.5 Å². The molecule has 0 aliphatic rings. The van der Waals surface area contributed by atoms with Crippen LogP contribution in [-0.2, 0) is 6.54 Å². The first kappa shape index (κ1) is 22.8. The Labute approximate surface area is 174 Å². The molecule has 2 aromatic rings. The Kier molecular flexibility index (Phi) is 9.09. The highest BCUT2D eigenvalue weighted by Gasteiger charge is 2.16. The van der Waals surface area contributed by atoms with Gasteiger partial charge in [-0.15, -0.1) is 0 Å². The van der Waals surface area contributed by atoms with Crippen LogP contribution in [0.4, 0.5) is 0 Å². The van der Waals surface area contributed by atoms with E-state index < -0.39 is 6.10 Å². The predicted molar refractivity (Wildman–Crippen MR) is 114 cm³/mol. The van der Waals surface area contributed by atoms with E-state index in [2.05, 4.69) is 18.7 Å². The van der Waals surface area contributed by atoms with E-state index >= 15 is 0 Å². The van der Waals surface area contributed by atoms with Crippen molar-refractivity contribution in [2.75, 3.05) is 41.0 Å². The molecule has 1 N–H and O–H groups in total. The maximum absolute atomic E-state index is 10.5. The highest BCUT2D eigenvalue weighted by Crippen LogP contribution is 2.28. The summed E-state index contributed by atoms with van der Waals surface area (Å²) in [5, 5.41) is 10.5. The van der Waals surface area contributed by atoms with Crippen molar-refractivity contribution in [2.45, 2.75) is 26.5 Å². The summed E-state index contributed by atoms with van der Waals surface area (Å²) < 4.78 is 21.6. The molecule has 0 aromatic heterocycles. The zero-order chi connectivity index (χ0) is 21.2. The van der Waals surface area contributed by atoms with Crippen molar-refractivity contribution in [1.82, 2.24) is 4.90 Å². The lowest BCUT2D eigenvalue weighted by molar-refractivity contribution is 0.0614. The van der Waals surface area contributed by atoms with Gasteiger partial charge in [-0.25, -0.2) is 0 Å². The quantitative estimate of drug-likeness (QED) is 0.584. The molecule has 2 aromatic carbocycles. The standard InChI is InChI=1S/C23H33NO5/c1-17(2)13-24(14-18-6-11-22(27-4)23(12-18)28-5)15-19(25)16-29-21-9-7-20(26-3)8-10-21/h6-12,17,19,25H,13-16H2,1-5H3. The van der Waals surface area contributed by atoms with Crippen LogP contribution in [0.3, 0.4) is 0 Å². The van der Waals surface area contributed by atoms with Crippen molar-refractivity contribution in [3.63, 3.8) is 0 Å². The summed E-state index contributed by atoms with van der Waals surface area (Å²) in [6.45, 7) is 6.66. The van der Waals surface area contributed by atoms with Crippen molar-refractivity contribution < 1.29 is 24.1 Å². The van der Waals surface area contributed by atoms with Crippen LogP contribution >= 0.6 is 0 Å². The summed E-state index contributed by atoms with van der Waals surface area (Å²) in [6, 6.07) is 13.3. The van der Waals surface area contributed by atoms with Gasteiger partial charge in [-0.2, -0.15) is 0 Å². The third-order valence-electron chi connectivity index (χ3n) is 4.45. The van der Waals surface area contributed by atoms with Gasteiger partial charge in [0.05, 0.1) is 21.3 Å². The predicted octanol–water partition coefficient (Wildman–Crippen LogP) is 3.61. The molecular weight excluding hydrogens is 370 g/mol. The Morgan fingerprint density at radius 3 is 2.07 bits per heavy atom. The van der Waals surface area contributed by atoms with Gasteiger partial charge in [0.25, 0.3) is 0 Å². The molecule has 0 bridgehead atoms. The molecule has 160 valence electrons. The maximum Gasteiger partial charge on any atom is 0.161 e. The first-order chi connectivity index (χ1) is 13.9. The molecule has 6 nitrogen and oxygen atoms in total. The number of aliphatic hydroxyl groups is 1. The third-order valence-corrected chi connectivity index (χ3v) is 4.45. The first-order valence-electron chi connectivity index (χ1n) is 9.83. The summed E-state index contributed by atoms with van der Waals surface area (Å²) in [5.41, 5.74) is 1.10. The van der Waals surface area contributed by atoms with Crippen molar-refractivity contribution in [1.29, 1.82) is 0 Å². The van der Waals surface area contributed by atoms with Crippen LogP contribution < -0.4 is 18.9 Å². The second kappa shape index (κ2) is 11.5. The van der Waals surface area contributed by atoms with E-state index in [1.807, 2.05) is 42.5 Å². The average Bonchev–Trinajstić information content (AvgIpc) is 2.72. The Morgan fingerprint density at radius 2 is 1.48 bits per heavy atom. The largest absolute Gasteiger partial charge is 0.497 e. The second-order valence-electron chi connectivity index (χ2n) is 7.42. The number of methoxy groups -OCH3 is 3. The Hall–Kier alpha value is -2.44. The number of nitrogens with zero attached hydrogens (tertiary/aromatic N) is 1. The van der Waals surface area contributed by atoms with Gasteiger partial charge in [0.2, 0.25) is 0 Å². The van der Waals surface area contributed by atoms with E-state index in [0.717, 1.165) is 17.9 Å². The van der Waals surface area contributed by atoms with Crippen LogP contribution in [0.25, 0.3) is 0 Å². The molecule has 29 heavy (non-hydrogen) atoms. The van der Waals surface area contributed by atoms with Crippen LogP contribution in [-0.4, -0.2) is 57.1 Å². The summed E-state index contributed by atoms with van der Waals surface area (Å²) in [4.78, 5) is 2.23. The van der Waals surface area contributed by atoms with Gasteiger partial charge in [-0.05, 0) is 47.9 Å². The molecule has 0 heterocycles. The first-order valence-corrected chi connectivity index (χ1v) is 9.83. The summed E-state index contributed by atoms with van der Waals surface area (Å²) in [6.07, 6.45) is -0.601. The van der Waals surface area contributed by atoms with E-state index in [1.54, 1.807) is 21.3 Å². The van der Waals surface area contributed by atoms with Crippen LogP contribution in [0, 0.1) is 5.92 Å². The van der Waals surface area contributed by atoms with Gasteiger partial charge >= 0.3 is 0 Å². The lowest BCUT2D eigenvalue weighted by Crippen LogP contribution is -2.37. The van der Waals surface area contributed by atoms with E-state index in [-0.39, 0.29) is 6.61 Å². The van der Waals surface area contributed by atoms with E-state index in [4.69, 9.17) is 18.9 Å². The number of ether oxygens (including phenoxy) is 4. The highest BCUT2D eigenvalue weighted by molar-refractivity contribution is 5.42. The fourth-order valence-corrected chi connectivity index (χ4v) is 3.17. The molecule has 0 amide bonds. The SMILES string of the molecule is COc1ccc(OCC(O)CN(Cc2ccc(OC)c(OC)c2)CC(C)C)cc1. The minimum absolute atomic E-state index is 0.229. The number of rotatable bonds is 12. The molecule has 0 aliphatic heterocycles. The molecule has 0 saturated heterocycles. The zero-order valence-electron chi connectivity index (χ0n) is 18.1. The molecule has 0 radical (unpaired) electrons. The number of benzene rings is 2. The average molecular weight is 404 g/mol. The smallest absolute Gasteiger partial charge is 0.161 e. The topological polar surface area (TPSA) is 60.4 Å². The van der Waals surface area contributed by atoms with Gasteiger partial charge in [0.15, 0.2) is 11.5 Å². The van der Waals surface area contributed by atoms with Crippen molar-refractivity contribution in [3.8, 4) is 23.0 Å². The molecule has 1 atom stereocenters. The molecule has 0 fully saturated rings.